The van der Waals surface area contributed by atoms with Crippen LogP contribution in [0.4, 0.5) is 5.69 Å². The van der Waals surface area contributed by atoms with Crippen molar-refractivity contribution in [1.29, 1.82) is 0 Å². The molecule has 3 aromatic rings. The summed E-state index contributed by atoms with van der Waals surface area (Å²) in [6.45, 7) is 3.59. The molecule has 2 saturated heterocycles. The van der Waals surface area contributed by atoms with Crippen LogP contribution in [0.15, 0.2) is 42.5 Å². The smallest absolute Gasteiger partial charge is 0.235 e. The molecule has 0 bridgehead atoms. The largest absolute Gasteiger partial charge is 0.399 e. The van der Waals surface area contributed by atoms with E-state index in [-0.39, 0.29) is 24.3 Å². The molecule has 2 aromatic carbocycles. The van der Waals surface area contributed by atoms with Crippen LogP contribution >= 0.6 is 11.3 Å². The summed E-state index contributed by atoms with van der Waals surface area (Å²) >= 11 is 1.61. The number of nitrogens with one attached hydrogen (secondary N) is 4. The first-order valence-corrected chi connectivity index (χ1v) is 13.0. The molecule has 8 nitrogen and oxygen atoms in total. The number of thiazole rings is 1. The number of nitrogens with zero attached hydrogens (tertiary/aromatic N) is 2. The van der Waals surface area contributed by atoms with Gasteiger partial charge in [-0.25, -0.2) is 4.98 Å². The van der Waals surface area contributed by atoms with Gasteiger partial charge in [0.15, 0.2) is 0 Å². The van der Waals surface area contributed by atoms with E-state index in [0.717, 1.165) is 66.4 Å². The number of nitrogen functional groups attached to an aromatic ring is 1. The van der Waals surface area contributed by atoms with E-state index in [2.05, 4.69) is 44.4 Å². The molecular formula is C25H31N7OS. The number of carbonyl (C=O) groups excluding carboxylic acids is 1. The summed E-state index contributed by atoms with van der Waals surface area (Å²) in [5.41, 5.74) is 10.3. The molecule has 34 heavy (non-hydrogen) atoms. The maximum atomic E-state index is 13.6. The minimum atomic E-state index is -0.386. The summed E-state index contributed by atoms with van der Waals surface area (Å²) in [5, 5.41) is 15.1. The zero-order valence-electron chi connectivity index (χ0n) is 19.1. The molecule has 0 spiro atoms. The monoisotopic (exact) mass is 477 g/mol. The molecule has 6 N–H and O–H groups in total. The Morgan fingerprint density at radius 2 is 2.09 bits per heavy atom. The Bertz CT molecular complexity index is 1160. The first kappa shape index (κ1) is 21.9. The van der Waals surface area contributed by atoms with Crippen LogP contribution in [0.1, 0.15) is 34.9 Å². The predicted molar refractivity (Wildman–Crippen MR) is 135 cm³/mol. The van der Waals surface area contributed by atoms with Gasteiger partial charge in [-0.1, -0.05) is 18.2 Å². The number of benzene rings is 2. The third-order valence-corrected chi connectivity index (χ3v) is 8.28. The number of aromatic nitrogens is 1. The van der Waals surface area contributed by atoms with E-state index in [1.807, 2.05) is 24.3 Å². The van der Waals surface area contributed by atoms with Crippen LogP contribution in [0.25, 0.3) is 10.2 Å². The molecule has 0 radical (unpaired) electrons. The molecule has 3 aliphatic heterocycles. The molecule has 9 heteroatoms. The third-order valence-electron chi connectivity index (χ3n) is 7.16. The normalized spacial score (nSPS) is 27.9. The molecule has 3 aliphatic rings. The molecule has 6 rings (SSSR count). The number of nitrogens with two attached hydrogens (primary N) is 1. The number of fused-ring (bicyclic) bond motifs is 2. The quantitative estimate of drug-likeness (QED) is 0.364. The minimum absolute atomic E-state index is 0.0162. The molecule has 178 valence electrons. The molecule has 4 heterocycles. The first-order valence-electron chi connectivity index (χ1n) is 12.1. The van der Waals surface area contributed by atoms with E-state index in [0.29, 0.717) is 6.04 Å². The number of amides is 1. The van der Waals surface area contributed by atoms with Gasteiger partial charge in [-0.15, -0.1) is 11.3 Å². The van der Waals surface area contributed by atoms with Crippen molar-refractivity contribution in [1.82, 2.24) is 31.2 Å². The van der Waals surface area contributed by atoms with Crippen LogP contribution in [0.3, 0.4) is 0 Å². The molecule has 0 saturated carbocycles. The number of carbonyl (C=O) groups is 1. The van der Waals surface area contributed by atoms with E-state index in [9.17, 15) is 4.79 Å². The number of anilines is 1. The zero-order chi connectivity index (χ0) is 23.1. The van der Waals surface area contributed by atoms with Crippen molar-refractivity contribution in [3.8, 4) is 0 Å². The Morgan fingerprint density at radius 3 is 2.94 bits per heavy atom. The van der Waals surface area contributed by atoms with Gasteiger partial charge in [-0.3, -0.25) is 20.3 Å². The highest BCUT2D eigenvalue weighted by Crippen LogP contribution is 2.32. The van der Waals surface area contributed by atoms with Gasteiger partial charge in [0.05, 0.1) is 16.4 Å². The minimum Gasteiger partial charge on any atom is -0.399 e. The average Bonchev–Trinajstić information content (AvgIpc) is 3.27. The highest BCUT2D eigenvalue weighted by atomic mass is 32.1. The van der Waals surface area contributed by atoms with Crippen molar-refractivity contribution in [3.63, 3.8) is 0 Å². The second-order valence-corrected chi connectivity index (χ2v) is 10.6. The van der Waals surface area contributed by atoms with Gasteiger partial charge in [0, 0.05) is 31.4 Å². The standard InChI is InChI=1S/C25H31N7OS/c26-17-8-7-15-9-11-32(14-16(15)12-17)25-30-22(28-18-4-3-10-27-13-18)21(23(33)31-25)24-29-19-5-1-2-6-20(19)34-24/h1-2,5-8,12,18,21-22,25,27-28,30H,3-4,9-11,13-14,26H2,(H,31,33)/t18-,21?,22?,25?/m1/s1. The van der Waals surface area contributed by atoms with E-state index >= 15 is 0 Å². The Kier molecular flexibility index (Phi) is 5.96. The molecule has 4 atom stereocenters. The van der Waals surface area contributed by atoms with Crippen LogP contribution in [0, 0.1) is 0 Å². The number of piperidine rings is 1. The predicted octanol–water partition coefficient (Wildman–Crippen LogP) is 1.69. The van der Waals surface area contributed by atoms with Crippen LogP contribution in [-0.2, 0) is 17.8 Å². The van der Waals surface area contributed by atoms with Crippen LogP contribution in [-0.4, -0.2) is 53.9 Å². The second kappa shape index (κ2) is 9.24. The van der Waals surface area contributed by atoms with Crippen molar-refractivity contribution in [2.24, 2.45) is 0 Å². The number of hydrogen-bond acceptors (Lipinski definition) is 8. The first-order chi connectivity index (χ1) is 16.6. The molecule has 1 amide bonds. The van der Waals surface area contributed by atoms with E-state index in [4.69, 9.17) is 10.7 Å². The fourth-order valence-corrected chi connectivity index (χ4v) is 6.47. The topological polar surface area (TPSA) is 107 Å². The summed E-state index contributed by atoms with van der Waals surface area (Å²) in [6, 6.07) is 14.6. The van der Waals surface area contributed by atoms with Gasteiger partial charge in [0.25, 0.3) is 0 Å². The summed E-state index contributed by atoms with van der Waals surface area (Å²) in [4.78, 5) is 20.7. The SMILES string of the molecule is Nc1ccc2c(c1)CN(C1NC(=O)C(c3nc4ccccc4s3)C(N[C@@H]3CCCNC3)N1)CC2. The van der Waals surface area contributed by atoms with Gasteiger partial charge in [0.2, 0.25) is 5.91 Å². The van der Waals surface area contributed by atoms with Gasteiger partial charge in [-0.05, 0) is 61.2 Å². The number of para-hydroxylation sites is 1. The fraction of sp³-hybridized carbons (Fsp3) is 0.440. The highest BCUT2D eigenvalue weighted by Gasteiger charge is 2.42. The Hall–Kier alpha value is -2.56. The lowest BCUT2D eigenvalue weighted by Gasteiger charge is -2.44. The van der Waals surface area contributed by atoms with E-state index in [1.54, 1.807) is 11.3 Å². The maximum Gasteiger partial charge on any atom is 0.235 e. The summed E-state index contributed by atoms with van der Waals surface area (Å²) in [5.74, 6) is -0.370. The lowest BCUT2D eigenvalue weighted by atomic mass is 9.97. The van der Waals surface area contributed by atoms with Crippen LogP contribution in [0.2, 0.25) is 0 Å². The zero-order valence-corrected chi connectivity index (χ0v) is 19.9. The highest BCUT2D eigenvalue weighted by molar-refractivity contribution is 7.18. The Morgan fingerprint density at radius 1 is 1.18 bits per heavy atom. The average molecular weight is 478 g/mol. The lowest BCUT2D eigenvalue weighted by Crippen LogP contribution is -2.71. The molecule has 1 aromatic heterocycles. The number of rotatable bonds is 4. The summed E-state index contributed by atoms with van der Waals surface area (Å²) in [6.07, 6.45) is 2.72. The van der Waals surface area contributed by atoms with Gasteiger partial charge < -0.3 is 16.4 Å². The van der Waals surface area contributed by atoms with Crippen molar-refractivity contribution in [3.05, 3.63) is 58.6 Å². The van der Waals surface area contributed by atoms with Crippen molar-refractivity contribution in [2.45, 2.75) is 50.2 Å². The van der Waals surface area contributed by atoms with Crippen molar-refractivity contribution >= 4 is 33.1 Å². The fourth-order valence-electron chi connectivity index (χ4n) is 5.37. The van der Waals surface area contributed by atoms with Gasteiger partial charge in [0.1, 0.15) is 17.2 Å². The third kappa shape index (κ3) is 4.30. The van der Waals surface area contributed by atoms with Crippen molar-refractivity contribution < 1.29 is 4.79 Å². The molecule has 0 aliphatic carbocycles. The lowest BCUT2D eigenvalue weighted by molar-refractivity contribution is -0.130. The molecule has 3 unspecified atom stereocenters. The second-order valence-electron chi connectivity index (χ2n) is 9.51. The van der Waals surface area contributed by atoms with E-state index in [1.165, 1.54) is 11.1 Å². The Balaban J connectivity index is 1.27. The molecule has 2 fully saturated rings. The van der Waals surface area contributed by atoms with Crippen LogP contribution < -0.4 is 27.0 Å². The van der Waals surface area contributed by atoms with Crippen molar-refractivity contribution in [2.75, 3.05) is 25.4 Å². The summed E-state index contributed by atoms with van der Waals surface area (Å²) in [7, 11) is 0. The Labute approximate surface area is 203 Å². The van der Waals surface area contributed by atoms with Gasteiger partial charge >= 0.3 is 0 Å². The molecular weight excluding hydrogens is 446 g/mol. The maximum absolute atomic E-state index is 13.6. The summed E-state index contributed by atoms with van der Waals surface area (Å²) < 4.78 is 1.11. The van der Waals surface area contributed by atoms with Crippen LogP contribution in [0.5, 0.6) is 0 Å². The van der Waals surface area contributed by atoms with E-state index < -0.39 is 0 Å². The van der Waals surface area contributed by atoms with Gasteiger partial charge in [-0.2, -0.15) is 0 Å². The number of hydrogen-bond donors (Lipinski definition) is 5.